The molecule has 22 heavy (non-hydrogen) atoms. The molecule has 0 saturated carbocycles. The second kappa shape index (κ2) is 7.29. The van der Waals surface area contributed by atoms with Crippen molar-refractivity contribution in [3.8, 4) is 5.75 Å². The third kappa shape index (κ3) is 3.59. The van der Waals surface area contributed by atoms with Gasteiger partial charge in [0.2, 0.25) is 11.8 Å². The van der Waals surface area contributed by atoms with Crippen molar-refractivity contribution in [2.45, 2.75) is 39.3 Å². The summed E-state index contributed by atoms with van der Waals surface area (Å²) in [4.78, 5) is 28.1. The van der Waals surface area contributed by atoms with E-state index in [1.807, 2.05) is 31.2 Å². The summed E-state index contributed by atoms with van der Waals surface area (Å²) < 4.78 is 5.12. The average molecular weight is 304 g/mol. The van der Waals surface area contributed by atoms with Gasteiger partial charge in [0.05, 0.1) is 7.11 Å². The Balaban J connectivity index is 2.03. The van der Waals surface area contributed by atoms with E-state index in [1.165, 1.54) is 0 Å². The SMILES string of the molecule is CCCCN1C(=O)CN(Cc2ccc(OC)cc2)C(=O)[C@@H]1C. The van der Waals surface area contributed by atoms with Gasteiger partial charge in [0.15, 0.2) is 0 Å². The van der Waals surface area contributed by atoms with E-state index in [1.54, 1.807) is 16.9 Å². The maximum absolute atomic E-state index is 12.5. The number of piperazine rings is 1. The lowest BCUT2D eigenvalue weighted by Crippen LogP contribution is -2.58. The molecule has 0 bridgehead atoms. The molecule has 1 atom stereocenters. The summed E-state index contributed by atoms with van der Waals surface area (Å²) in [6, 6.07) is 7.20. The van der Waals surface area contributed by atoms with Gasteiger partial charge in [-0.3, -0.25) is 9.59 Å². The molecule has 0 N–H and O–H groups in total. The number of carbonyl (C=O) groups is 2. The molecule has 2 rings (SSSR count). The fourth-order valence-electron chi connectivity index (χ4n) is 2.68. The van der Waals surface area contributed by atoms with Gasteiger partial charge in [-0.2, -0.15) is 0 Å². The molecule has 2 amide bonds. The third-order valence-electron chi connectivity index (χ3n) is 4.07. The van der Waals surface area contributed by atoms with Crippen LogP contribution >= 0.6 is 0 Å². The molecular formula is C17H24N2O3. The van der Waals surface area contributed by atoms with Crippen molar-refractivity contribution in [3.05, 3.63) is 29.8 Å². The van der Waals surface area contributed by atoms with Crippen LogP contribution < -0.4 is 4.74 Å². The summed E-state index contributed by atoms with van der Waals surface area (Å²) in [6.45, 7) is 5.19. The van der Waals surface area contributed by atoms with Gasteiger partial charge in [0.25, 0.3) is 0 Å². The van der Waals surface area contributed by atoms with Crippen LogP contribution in [0.25, 0.3) is 0 Å². The predicted octanol–water partition coefficient (Wildman–Crippen LogP) is 2.05. The van der Waals surface area contributed by atoms with Gasteiger partial charge in [0.1, 0.15) is 18.3 Å². The number of carbonyl (C=O) groups excluding carboxylic acids is 2. The molecule has 120 valence electrons. The summed E-state index contributed by atoms with van der Waals surface area (Å²) in [5, 5.41) is 0. The van der Waals surface area contributed by atoms with Crippen LogP contribution in [0, 0.1) is 0 Å². The van der Waals surface area contributed by atoms with Crippen LogP contribution in [0.4, 0.5) is 0 Å². The Morgan fingerprint density at radius 2 is 1.91 bits per heavy atom. The molecule has 0 aromatic heterocycles. The zero-order chi connectivity index (χ0) is 16.1. The highest BCUT2D eigenvalue weighted by molar-refractivity contribution is 5.94. The quantitative estimate of drug-likeness (QED) is 0.808. The number of hydrogen-bond acceptors (Lipinski definition) is 3. The molecule has 1 aromatic carbocycles. The Morgan fingerprint density at radius 3 is 2.50 bits per heavy atom. The van der Waals surface area contributed by atoms with Crippen molar-refractivity contribution < 1.29 is 14.3 Å². The van der Waals surface area contributed by atoms with Crippen LogP contribution in [-0.2, 0) is 16.1 Å². The van der Waals surface area contributed by atoms with Gasteiger partial charge in [-0.05, 0) is 31.0 Å². The number of ether oxygens (including phenoxy) is 1. The molecule has 1 aliphatic heterocycles. The average Bonchev–Trinajstić information content (AvgIpc) is 2.53. The molecule has 0 aliphatic carbocycles. The second-order valence-electron chi connectivity index (χ2n) is 5.66. The number of hydrogen-bond donors (Lipinski definition) is 0. The van der Waals surface area contributed by atoms with Crippen molar-refractivity contribution in [2.75, 3.05) is 20.2 Å². The summed E-state index contributed by atoms with van der Waals surface area (Å²) >= 11 is 0. The van der Waals surface area contributed by atoms with E-state index in [2.05, 4.69) is 6.92 Å². The molecule has 1 aliphatic rings. The first kappa shape index (κ1) is 16.3. The highest BCUT2D eigenvalue weighted by Crippen LogP contribution is 2.18. The molecule has 1 saturated heterocycles. The van der Waals surface area contributed by atoms with E-state index in [0.29, 0.717) is 13.1 Å². The first-order chi connectivity index (χ1) is 10.6. The second-order valence-corrected chi connectivity index (χ2v) is 5.66. The highest BCUT2D eigenvalue weighted by atomic mass is 16.5. The Morgan fingerprint density at radius 1 is 1.23 bits per heavy atom. The van der Waals surface area contributed by atoms with Crippen molar-refractivity contribution in [3.63, 3.8) is 0 Å². The van der Waals surface area contributed by atoms with E-state index in [9.17, 15) is 9.59 Å². The van der Waals surface area contributed by atoms with E-state index >= 15 is 0 Å². The number of methoxy groups -OCH3 is 1. The third-order valence-corrected chi connectivity index (χ3v) is 4.07. The predicted molar refractivity (Wildman–Crippen MR) is 84.5 cm³/mol. The maximum atomic E-state index is 12.5. The van der Waals surface area contributed by atoms with E-state index in [4.69, 9.17) is 4.74 Å². The van der Waals surface area contributed by atoms with Gasteiger partial charge in [-0.25, -0.2) is 0 Å². The Bertz CT molecular complexity index is 527. The van der Waals surface area contributed by atoms with Gasteiger partial charge in [-0.1, -0.05) is 25.5 Å². The first-order valence-electron chi connectivity index (χ1n) is 7.78. The summed E-state index contributed by atoms with van der Waals surface area (Å²) in [7, 11) is 1.62. The van der Waals surface area contributed by atoms with Crippen LogP contribution in [0.3, 0.4) is 0 Å². The van der Waals surface area contributed by atoms with Gasteiger partial charge in [-0.15, -0.1) is 0 Å². The van der Waals surface area contributed by atoms with E-state index in [0.717, 1.165) is 24.2 Å². The lowest BCUT2D eigenvalue weighted by molar-refractivity contribution is -0.155. The van der Waals surface area contributed by atoms with Gasteiger partial charge in [0, 0.05) is 13.1 Å². The van der Waals surface area contributed by atoms with Crippen molar-refractivity contribution in [1.29, 1.82) is 0 Å². The summed E-state index contributed by atoms with van der Waals surface area (Å²) in [5.41, 5.74) is 0.996. The zero-order valence-corrected chi connectivity index (χ0v) is 13.5. The largest absolute Gasteiger partial charge is 0.497 e. The lowest BCUT2D eigenvalue weighted by atomic mass is 10.1. The molecule has 1 fully saturated rings. The van der Waals surface area contributed by atoms with Gasteiger partial charge < -0.3 is 14.5 Å². The van der Waals surface area contributed by atoms with Gasteiger partial charge >= 0.3 is 0 Å². The number of benzene rings is 1. The molecule has 0 radical (unpaired) electrons. The number of unbranched alkanes of at least 4 members (excludes halogenated alkanes) is 1. The van der Waals surface area contributed by atoms with E-state index in [-0.39, 0.29) is 24.4 Å². The van der Waals surface area contributed by atoms with E-state index < -0.39 is 0 Å². The van der Waals surface area contributed by atoms with Crippen LogP contribution in [-0.4, -0.2) is 47.9 Å². The van der Waals surface area contributed by atoms with Crippen LogP contribution in [0.15, 0.2) is 24.3 Å². The molecule has 0 unspecified atom stereocenters. The summed E-state index contributed by atoms with van der Waals surface area (Å²) in [6.07, 6.45) is 1.95. The summed E-state index contributed by atoms with van der Waals surface area (Å²) in [5.74, 6) is 0.837. The number of amides is 2. The Labute approximate surface area is 131 Å². The van der Waals surface area contributed by atoms with Crippen LogP contribution in [0.5, 0.6) is 5.75 Å². The van der Waals surface area contributed by atoms with Crippen molar-refractivity contribution >= 4 is 11.8 Å². The molecule has 5 nitrogen and oxygen atoms in total. The maximum Gasteiger partial charge on any atom is 0.245 e. The molecular weight excluding hydrogens is 280 g/mol. The minimum Gasteiger partial charge on any atom is -0.497 e. The molecule has 1 heterocycles. The van der Waals surface area contributed by atoms with Crippen LogP contribution in [0.1, 0.15) is 32.3 Å². The topological polar surface area (TPSA) is 49.9 Å². The Hall–Kier alpha value is -2.04. The standard InChI is InChI=1S/C17H24N2O3/c1-4-5-10-19-13(2)17(21)18(12-16(19)20)11-14-6-8-15(22-3)9-7-14/h6-9,13H,4-5,10-12H2,1-3H3/t13-/m0/s1. The minimum atomic E-state index is -0.369. The van der Waals surface area contributed by atoms with Crippen molar-refractivity contribution in [2.24, 2.45) is 0 Å². The van der Waals surface area contributed by atoms with Crippen molar-refractivity contribution in [1.82, 2.24) is 9.80 Å². The first-order valence-corrected chi connectivity index (χ1v) is 7.78. The minimum absolute atomic E-state index is 0.0199. The van der Waals surface area contributed by atoms with Crippen LogP contribution in [0.2, 0.25) is 0 Å². The smallest absolute Gasteiger partial charge is 0.245 e. The Kier molecular flexibility index (Phi) is 5.41. The molecule has 5 heteroatoms. The monoisotopic (exact) mass is 304 g/mol. The normalized spacial score (nSPS) is 18.8. The fraction of sp³-hybridized carbons (Fsp3) is 0.529. The fourth-order valence-corrected chi connectivity index (χ4v) is 2.68. The number of nitrogens with zero attached hydrogens (tertiary/aromatic N) is 2. The molecule has 1 aromatic rings. The number of rotatable bonds is 6. The highest BCUT2D eigenvalue weighted by Gasteiger charge is 2.35. The zero-order valence-electron chi connectivity index (χ0n) is 13.5. The lowest BCUT2D eigenvalue weighted by Gasteiger charge is -2.38. The molecule has 0 spiro atoms.